The molecule has 6 rings (SSSR count). The summed E-state index contributed by atoms with van der Waals surface area (Å²) >= 11 is 0. The number of rotatable bonds is 7. The Hall–Kier alpha value is -4.93. The molecule has 0 aliphatic carbocycles. The molecule has 2 atom stereocenters. The van der Waals surface area contributed by atoms with Crippen LogP contribution in [0.2, 0.25) is 0 Å². The number of anilines is 2. The second-order valence-electron chi connectivity index (χ2n) is 10.6. The first-order valence-corrected chi connectivity index (χ1v) is 14.0. The van der Waals surface area contributed by atoms with Crippen molar-refractivity contribution in [1.82, 2.24) is 20.1 Å². The van der Waals surface area contributed by atoms with Gasteiger partial charge in [-0.15, -0.1) is 0 Å². The number of H-pyrrole nitrogens is 1. The molecule has 10 nitrogen and oxygen atoms in total. The molecule has 0 amide bonds. The monoisotopic (exact) mass is 603 g/mol. The fourth-order valence-corrected chi connectivity index (χ4v) is 5.76. The Bertz CT molecular complexity index is 1730. The Morgan fingerprint density at radius 2 is 1.86 bits per heavy atom. The number of nitriles is 1. The van der Waals surface area contributed by atoms with E-state index >= 15 is 0 Å². The molecule has 13 heteroatoms. The number of aromatic amines is 1. The smallest absolute Gasteiger partial charge is 0.423 e. The van der Waals surface area contributed by atoms with E-state index in [0.29, 0.717) is 43.1 Å². The predicted molar refractivity (Wildman–Crippen MR) is 155 cm³/mol. The standard InChI is InChI=1S/C31H28F3N7O3/c32-31(33,34)28-25(17-37-38-29(28)42)41-18-22-4-1-2-7-24(22)26(41)19-44-23-6-3-5-21(14-23)30(43)40-12-10-39(11-13-40)27-9-8-20(15-35)16-36-27/h1-9,14,16-17,26,30,43H,10-13,18-19H2,(H,38,42)/t26-,30?/m0/s1. The summed E-state index contributed by atoms with van der Waals surface area (Å²) in [6, 6.07) is 19.3. The molecule has 2 aromatic heterocycles. The van der Waals surface area contributed by atoms with Crippen molar-refractivity contribution in [2.75, 3.05) is 42.6 Å². The minimum absolute atomic E-state index is 0.00305. The van der Waals surface area contributed by atoms with Gasteiger partial charge in [-0.2, -0.15) is 23.5 Å². The van der Waals surface area contributed by atoms with Crippen molar-refractivity contribution in [3.63, 3.8) is 0 Å². The van der Waals surface area contributed by atoms with Crippen molar-refractivity contribution < 1.29 is 23.0 Å². The molecule has 4 heterocycles. The normalized spacial score (nSPS) is 17.7. The van der Waals surface area contributed by atoms with Gasteiger partial charge in [0.25, 0.3) is 5.56 Å². The first-order valence-electron chi connectivity index (χ1n) is 14.0. The number of benzene rings is 2. The molecule has 226 valence electrons. The van der Waals surface area contributed by atoms with Crippen LogP contribution in [0.15, 0.2) is 77.9 Å². The number of aromatic nitrogens is 3. The lowest BCUT2D eigenvalue weighted by Crippen LogP contribution is -2.48. The fraction of sp³-hybridized carbons (Fsp3) is 0.290. The van der Waals surface area contributed by atoms with Gasteiger partial charge in [-0.05, 0) is 41.0 Å². The van der Waals surface area contributed by atoms with Crippen LogP contribution in [0.3, 0.4) is 0 Å². The Morgan fingerprint density at radius 1 is 1.07 bits per heavy atom. The average molecular weight is 604 g/mol. The fourth-order valence-electron chi connectivity index (χ4n) is 5.76. The van der Waals surface area contributed by atoms with E-state index in [1.54, 1.807) is 30.3 Å². The first kappa shape index (κ1) is 29.2. The van der Waals surface area contributed by atoms with E-state index < -0.39 is 29.6 Å². The summed E-state index contributed by atoms with van der Waals surface area (Å²) in [7, 11) is 0. The van der Waals surface area contributed by atoms with Crippen molar-refractivity contribution >= 4 is 11.5 Å². The maximum absolute atomic E-state index is 13.9. The zero-order valence-corrected chi connectivity index (χ0v) is 23.4. The number of nitrogens with zero attached hydrogens (tertiary/aromatic N) is 6. The molecule has 2 aromatic carbocycles. The van der Waals surface area contributed by atoms with Crippen LogP contribution < -0.4 is 20.1 Å². The summed E-state index contributed by atoms with van der Waals surface area (Å²) in [6.07, 6.45) is -3.20. The highest BCUT2D eigenvalue weighted by Crippen LogP contribution is 2.42. The third-order valence-corrected chi connectivity index (χ3v) is 7.99. The van der Waals surface area contributed by atoms with Crippen LogP contribution in [0.25, 0.3) is 0 Å². The molecule has 0 saturated carbocycles. The number of hydrogen-bond donors (Lipinski definition) is 2. The van der Waals surface area contributed by atoms with Crippen molar-refractivity contribution in [1.29, 1.82) is 5.26 Å². The molecule has 0 radical (unpaired) electrons. The number of piperazine rings is 1. The number of nitrogens with one attached hydrogen (secondary N) is 1. The van der Waals surface area contributed by atoms with Crippen molar-refractivity contribution in [2.45, 2.75) is 25.0 Å². The van der Waals surface area contributed by atoms with Crippen LogP contribution in [-0.2, 0) is 12.7 Å². The summed E-state index contributed by atoms with van der Waals surface area (Å²) in [6.45, 7) is 2.58. The Labute approximate surface area is 250 Å². The van der Waals surface area contributed by atoms with E-state index in [0.717, 1.165) is 23.1 Å². The highest BCUT2D eigenvalue weighted by atomic mass is 19.4. The largest absolute Gasteiger partial charge is 0.491 e. The molecule has 2 aliphatic rings. The number of aliphatic hydroxyl groups is 1. The molecule has 2 N–H and O–H groups in total. The van der Waals surface area contributed by atoms with Gasteiger partial charge in [0.05, 0.1) is 23.5 Å². The lowest BCUT2D eigenvalue weighted by molar-refractivity contribution is -0.138. The van der Waals surface area contributed by atoms with E-state index in [4.69, 9.17) is 10.00 Å². The van der Waals surface area contributed by atoms with E-state index in [9.17, 15) is 23.1 Å². The summed E-state index contributed by atoms with van der Waals surface area (Å²) in [5.74, 6) is 1.22. The minimum Gasteiger partial charge on any atom is -0.491 e. The third kappa shape index (κ3) is 5.82. The Balaban J connectivity index is 1.16. The minimum atomic E-state index is -4.87. The van der Waals surface area contributed by atoms with Crippen LogP contribution in [0.4, 0.5) is 24.7 Å². The van der Waals surface area contributed by atoms with Crippen LogP contribution in [0.5, 0.6) is 5.75 Å². The van der Waals surface area contributed by atoms with Gasteiger partial charge in [0.2, 0.25) is 0 Å². The quantitative estimate of drug-likeness (QED) is 0.323. The predicted octanol–water partition coefficient (Wildman–Crippen LogP) is 4.01. The van der Waals surface area contributed by atoms with Gasteiger partial charge in [-0.25, -0.2) is 10.1 Å². The number of halogens is 3. The second kappa shape index (κ2) is 12.0. The van der Waals surface area contributed by atoms with E-state index in [2.05, 4.69) is 21.1 Å². The lowest BCUT2D eigenvalue weighted by atomic mass is 10.1. The Kier molecular flexibility index (Phi) is 7.94. The molecule has 1 fully saturated rings. The summed E-state index contributed by atoms with van der Waals surface area (Å²) in [4.78, 5) is 22.1. The van der Waals surface area contributed by atoms with Gasteiger partial charge in [0, 0.05) is 38.9 Å². The van der Waals surface area contributed by atoms with Crippen molar-refractivity contribution in [3.05, 3.63) is 111 Å². The molecule has 2 aliphatic heterocycles. The van der Waals surface area contributed by atoms with Gasteiger partial charge in [-0.3, -0.25) is 9.69 Å². The molecular formula is C31H28F3N7O3. The van der Waals surface area contributed by atoms with E-state index in [1.165, 1.54) is 11.1 Å². The van der Waals surface area contributed by atoms with Gasteiger partial charge >= 0.3 is 6.18 Å². The van der Waals surface area contributed by atoms with Gasteiger partial charge in [-0.1, -0.05) is 36.4 Å². The van der Waals surface area contributed by atoms with Crippen molar-refractivity contribution in [3.8, 4) is 11.8 Å². The second-order valence-corrected chi connectivity index (χ2v) is 10.6. The number of pyridine rings is 1. The zero-order valence-electron chi connectivity index (χ0n) is 23.4. The highest BCUT2D eigenvalue weighted by molar-refractivity contribution is 5.58. The number of alkyl halides is 3. The number of hydrogen-bond acceptors (Lipinski definition) is 9. The zero-order chi connectivity index (χ0) is 30.8. The Morgan fingerprint density at radius 3 is 2.59 bits per heavy atom. The summed E-state index contributed by atoms with van der Waals surface area (Å²) in [5, 5.41) is 25.7. The maximum atomic E-state index is 13.9. The van der Waals surface area contributed by atoms with Gasteiger partial charge in [0.1, 0.15) is 36.0 Å². The van der Waals surface area contributed by atoms with Crippen LogP contribution >= 0.6 is 0 Å². The van der Waals surface area contributed by atoms with Crippen molar-refractivity contribution in [2.24, 2.45) is 0 Å². The first-order chi connectivity index (χ1) is 21.2. The SMILES string of the molecule is N#Cc1ccc(N2CCN(C(O)c3cccc(OC[C@H]4c5ccccc5CN4c4cn[nH]c(=O)c4C(F)(F)F)c3)CC2)nc1. The van der Waals surface area contributed by atoms with Gasteiger partial charge < -0.3 is 19.6 Å². The molecule has 1 saturated heterocycles. The third-order valence-electron chi connectivity index (χ3n) is 7.99. The summed E-state index contributed by atoms with van der Waals surface area (Å²) < 4.78 is 47.9. The van der Waals surface area contributed by atoms with E-state index in [-0.39, 0.29) is 18.8 Å². The van der Waals surface area contributed by atoms with Crippen LogP contribution in [0.1, 0.15) is 40.1 Å². The maximum Gasteiger partial charge on any atom is 0.423 e. The lowest BCUT2D eigenvalue weighted by Gasteiger charge is -2.38. The molecule has 44 heavy (non-hydrogen) atoms. The highest BCUT2D eigenvalue weighted by Gasteiger charge is 2.42. The topological polar surface area (TPSA) is 122 Å². The summed E-state index contributed by atoms with van der Waals surface area (Å²) in [5.41, 5.74) is -0.180. The number of ether oxygens (including phenoxy) is 1. The molecule has 4 aromatic rings. The molecule has 0 spiro atoms. The van der Waals surface area contributed by atoms with E-state index in [1.807, 2.05) is 40.3 Å². The number of fused-ring (bicyclic) bond motifs is 1. The molecular weight excluding hydrogens is 575 g/mol. The molecule has 0 bridgehead atoms. The average Bonchev–Trinajstić information content (AvgIpc) is 3.41. The van der Waals surface area contributed by atoms with Crippen LogP contribution in [0, 0.1) is 11.3 Å². The number of aliphatic hydroxyl groups excluding tert-OH is 1. The van der Waals surface area contributed by atoms with Crippen LogP contribution in [-0.4, -0.2) is 58.0 Å². The molecule has 1 unspecified atom stereocenters. The van der Waals surface area contributed by atoms with Gasteiger partial charge in [0.15, 0.2) is 0 Å².